The van der Waals surface area contributed by atoms with Crippen molar-refractivity contribution in [2.75, 3.05) is 0 Å². The lowest BCUT2D eigenvalue weighted by Gasteiger charge is -2.32. The molecule has 2 heterocycles. The molecule has 0 radical (unpaired) electrons. The van der Waals surface area contributed by atoms with Gasteiger partial charge >= 0.3 is 7.12 Å². The van der Waals surface area contributed by atoms with Crippen molar-refractivity contribution in [1.29, 1.82) is 0 Å². The predicted octanol–water partition coefficient (Wildman–Crippen LogP) is 6.71. The fourth-order valence-electron chi connectivity index (χ4n) is 4.62. The van der Waals surface area contributed by atoms with Gasteiger partial charge in [-0.25, -0.2) is 0 Å². The highest BCUT2D eigenvalue weighted by molar-refractivity contribution is 6.62. The van der Waals surface area contributed by atoms with Crippen LogP contribution in [-0.2, 0) is 9.31 Å². The summed E-state index contributed by atoms with van der Waals surface area (Å²) in [7, 11) is -0.385. The van der Waals surface area contributed by atoms with Crippen LogP contribution < -0.4 is 5.46 Å². The molecule has 32 heavy (non-hydrogen) atoms. The molecule has 0 N–H and O–H groups in total. The van der Waals surface area contributed by atoms with Crippen molar-refractivity contribution >= 4 is 45.3 Å². The van der Waals surface area contributed by atoms with Crippen molar-refractivity contribution in [1.82, 2.24) is 0 Å². The highest BCUT2D eigenvalue weighted by atomic mass is 16.7. The van der Waals surface area contributed by atoms with Crippen LogP contribution in [0.3, 0.4) is 0 Å². The molecule has 0 spiro atoms. The van der Waals surface area contributed by atoms with Crippen molar-refractivity contribution in [2.24, 2.45) is 0 Å². The SMILES string of the molecule is CC1(C)OB(c2cccc(-c3cc4c5ccccc5oc4c4ccccc34)c2)OC1(C)C. The lowest BCUT2D eigenvalue weighted by atomic mass is 9.77. The summed E-state index contributed by atoms with van der Waals surface area (Å²) in [6.07, 6.45) is 0. The molecule has 0 bridgehead atoms. The first-order valence-electron chi connectivity index (χ1n) is 11.1. The number of hydrogen-bond acceptors (Lipinski definition) is 3. The van der Waals surface area contributed by atoms with Gasteiger partial charge in [-0.1, -0.05) is 66.7 Å². The molecule has 158 valence electrons. The quantitative estimate of drug-likeness (QED) is 0.298. The first-order chi connectivity index (χ1) is 15.3. The van der Waals surface area contributed by atoms with E-state index in [4.69, 9.17) is 13.7 Å². The molecule has 1 aliphatic heterocycles. The van der Waals surface area contributed by atoms with E-state index in [0.29, 0.717) is 0 Å². The van der Waals surface area contributed by atoms with Crippen LogP contribution >= 0.6 is 0 Å². The van der Waals surface area contributed by atoms with Crippen LogP contribution in [0.15, 0.2) is 83.3 Å². The fraction of sp³-hybridized carbons (Fsp3) is 0.214. The topological polar surface area (TPSA) is 31.6 Å². The van der Waals surface area contributed by atoms with Crippen LogP contribution in [0.25, 0.3) is 43.8 Å². The average molecular weight is 420 g/mol. The highest BCUT2D eigenvalue weighted by Gasteiger charge is 2.51. The Balaban J connectivity index is 1.56. The summed E-state index contributed by atoms with van der Waals surface area (Å²) >= 11 is 0. The Morgan fingerprint density at radius 3 is 2.03 bits per heavy atom. The molecule has 0 atom stereocenters. The molecule has 1 aliphatic rings. The summed E-state index contributed by atoms with van der Waals surface area (Å²) in [4.78, 5) is 0. The monoisotopic (exact) mass is 420 g/mol. The molecule has 5 aromatic rings. The van der Waals surface area contributed by atoms with Gasteiger partial charge in [-0.05, 0) is 61.8 Å². The Bertz CT molecular complexity index is 1480. The third-order valence-electron chi connectivity index (χ3n) is 7.11. The van der Waals surface area contributed by atoms with Gasteiger partial charge in [0.2, 0.25) is 0 Å². The van der Waals surface area contributed by atoms with Crippen molar-refractivity contribution in [3.63, 3.8) is 0 Å². The molecule has 1 saturated heterocycles. The maximum atomic E-state index is 6.31. The van der Waals surface area contributed by atoms with Gasteiger partial charge < -0.3 is 13.7 Å². The van der Waals surface area contributed by atoms with Crippen LogP contribution in [0, 0.1) is 0 Å². The number of benzene rings is 4. The Labute approximate surface area is 188 Å². The molecule has 4 aromatic carbocycles. The number of fused-ring (bicyclic) bond motifs is 5. The van der Waals surface area contributed by atoms with E-state index in [1.807, 2.05) is 12.1 Å². The van der Waals surface area contributed by atoms with Gasteiger partial charge in [0, 0.05) is 16.2 Å². The standard InChI is InChI=1S/C28H25BO3/c1-27(2)28(3,4)32-29(31-27)19-11-9-10-18(16-19)23-17-24-21-13-7-8-15-25(21)30-26(24)22-14-6-5-12-20(22)23/h5-17H,1-4H3. The second kappa shape index (κ2) is 6.71. The highest BCUT2D eigenvalue weighted by Crippen LogP contribution is 2.40. The zero-order valence-corrected chi connectivity index (χ0v) is 18.8. The van der Waals surface area contributed by atoms with E-state index in [-0.39, 0.29) is 18.3 Å². The van der Waals surface area contributed by atoms with E-state index in [1.54, 1.807) is 0 Å². The Morgan fingerprint density at radius 2 is 1.28 bits per heavy atom. The van der Waals surface area contributed by atoms with Crippen molar-refractivity contribution < 1.29 is 13.7 Å². The average Bonchev–Trinajstić information content (AvgIpc) is 3.27. The van der Waals surface area contributed by atoms with Gasteiger partial charge in [-0.2, -0.15) is 0 Å². The first kappa shape index (κ1) is 19.6. The fourth-order valence-corrected chi connectivity index (χ4v) is 4.62. The van der Waals surface area contributed by atoms with Crippen LogP contribution in [0.5, 0.6) is 0 Å². The lowest BCUT2D eigenvalue weighted by Crippen LogP contribution is -2.41. The zero-order chi connectivity index (χ0) is 22.1. The van der Waals surface area contributed by atoms with Gasteiger partial charge in [0.05, 0.1) is 11.2 Å². The van der Waals surface area contributed by atoms with E-state index in [1.165, 1.54) is 10.9 Å². The van der Waals surface area contributed by atoms with E-state index in [0.717, 1.165) is 38.4 Å². The Kier molecular flexibility index (Phi) is 4.11. The first-order valence-corrected chi connectivity index (χ1v) is 11.1. The molecule has 0 aliphatic carbocycles. The molecule has 0 amide bonds. The maximum absolute atomic E-state index is 6.31. The minimum atomic E-state index is -0.385. The van der Waals surface area contributed by atoms with Crippen LogP contribution in [0.4, 0.5) is 0 Å². The van der Waals surface area contributed by atoms with E-state index < -0.39 is 0 Å². The molecule has 0 saturated carbocycles. The van der Waals surface area contributed by atoms with Crippen molar-refractivity contribution in [3.8, 4) is 11.1 Å². The van der Waals surface area contributed by atoms with E-state index >= 15 is 0 Å². The number of hydrogen-bond donors (Lipinski definition) is 0. The number of para-hydroxylation sites is 1. The summed E-state index contributed by atoms with van der Waals surface area (Å²) in [5.41, 5.74) is 4.47. The second-order valence-electron chi connectivity index (χ2n) is 9.66. The van der Waals surface area contributed by atoms with E-state index in [9.17, 15) is 0 Å². The smallest absolute Gasteiger partial charge is 0.455 e. The molecule has 3 nitrogen and oxygen atoms in total. The third kappa shape index (κ3) is 2.83. The molecular formula is C28H25BO3. The number of furan rings is 1. The summed E-state index contributed by atoms with van der Waals surface area (Å²) < 4.78 is 18.9. The van der Waals surface area contributed by atoms with E-state index in [2.05, 4.69) is 94.4 Å². The third-order valence-corrected chi connectivity index (χ3v) is 7.11. The van der Waals surface area contributed by atoms with Gasteiger partial charge in [-0.3, -0.25) is 0 Å². The second-order valence-corrected chi connectivity index (χ2v) is 9.66. The van der Waals surface area contributed by atoms with Crippen LogP contribution in [-0.4, -0.2) is 18.3 Å². The van der Waals surface area contributed by atoms with Crippen LogP contribution in [0.1, 0.15) is 27.7 Å². The molecular weight excluding hydrogens is 395 g/mol. The molecule has 6 rings (SSSR count). The van der Waals surface area contributed by atoms with Crippen molar-refractivity contribution in [3.05, 3.63) is 78.9 Å². The van der Waals surface area contributed by atoms with Crippen molar-refractivity contribution in [2.45, 2.75) is 38.9 Å². The Morgan fingerprint density at radius 1 is 0.625 bits per heavy atom. The lowest BCUT2D eigenvalue weighted by molar-refractivity contribution is 0.00578. The zero-order valence-electron chi connectivity index (χ0n) is 18.8. The summed E-state index contributed by atoms with van der Waals surface area (Å²) in [5.74, 6) is 0. The van der Waals surface area contributed by atoms with Gasteiger partial charge in [-0.15, -0.1) is 0 Å². The molecule has 1 fully saturated rings. The maximum Gasteiger partial charge on any atom is 0.494 e. The van der Waals surface area contributed by atoms with Gasteiger partial charge in [0.25, 0.3) is 0 Å². The number of rotatable bonds is 2. The summed E-state index contributed by atoms with van der Waals surface area (Å²) in [6, 6.07) is 27.5. The largest absolute Gasteiger partial charge is 0.494 e. The Hall–Kier alpha value is -3.08. The molecule has 4 heteroatoms. The molecule has 1 aromatic heterocycles. The minimum Gasteiger partial charge on any atom is -0.455 e. The summed E-state index contributed by atoms with van der Waals surface area (Å²) in [5, 5.41) is 4.56. The summed E-state index contributed by atoms with van der Waals surface area (Å²) in [6.45, 7) is 8.34. The normalized spacial score (nSPS) is 17.6. The predicted molar refractivity (Wildman–Crippen MR) is 132 cm³/mol. The van der Waals surface area contributed by atoms with Gasteiger partial charge in [0.15, 0.2) is 0 Å². The minimum absolute atomic E-state index is 0.366. The van der Waals surface area contributed by atoms with Gasteiger partial charge in [0.1, 0.15) is 11.2 Å². The molecule has 0 unspecified atom stereocenters. The van der Waals surface area contributed by atoms with Crippen LogP contribution in [0.2, 0.25) is 0 Å².